The molecule has 0 amide bonds. The van der Waals surface area contributed by atoms with Crippen molar-refractivity contribution in [2.75, 3.05) is 18.0 Å². The fourth-order valence-corrected chi connectivity index (χ4v) is 3.87. The van der Waals surface area contributed by atoms with Crippen LogP contribution in [0.3, 0.4) is 0 Å². The molecule has 0 saturated carbocycles. The fourth-order valence-electron chi connectivity index (χ4n) is 2.93. The van der Waals surface area contributed by atoms with E-state index in [1.165, 1.54) is 0 Å². The van der Waals surface area contributed by atoms with E-state index in [2.05, 4.69) is 30.7 Å². The number of hydrogen-bond acceptors (Lipinski definition) is 6. The Balaban J connectivity index is 1.40. The molecule has 6 nitrogen and oxygen atoms in total. The van der Waals surface area contributed by atoms with Crippen LogP contribution in [0.5, 0.6) is 5.88 Å². The van der Waals surface area contributed by atoms with Gasteiger partial charge in [0.05, 0.1) is 11.9 Å². The molecule has 0 bridgehead atoms. The molecule has 7 heteroatoms. The summed E-state index contributed by atoms with van der Waals surface area (Å²) >= 11 is 1.66. The van der Waals surface area contributed by atoms with Crippen molar-refractivity contribution < 1.29 is 4.74 Å². The normalized spacial score (nSPS) is 16.5. The summed E-state index contributed by atoms with van der Waals surface area (Å²) in [6.07, 6.45) is 5.99. The molecule has 0 atom stereocenters. The van der Waals surface area contributed by atoms with Gasteiger partial charge in [0.15, 0.2) is 0 Å². The van der Waals surface area contributed by atoms with Gasteiger partial charge in [-0.15, -0.1) is 5.10 Å². The van der Waals surface area contributed by atoms with Gasteiger partial charge < -0.3 is 9.64 Å². The van der Waals surface area contributed by atoms with E-state index >= 15 is 0 Å². The van der Waals surface area contributed by atoms with Gasteiger partial charge in [-0.05, 0) is 6.07 Å². The second-order valence-electron chi connectivity index (χ2n) is 7.46. The van der Waals surface area contributed by atoms with Gasteiger partial charge >= 0.3 is 0 Å². The second-order valence-corrected chi connectivity index (χ2v) is 8.39. The van der Waals surface area contributed by atoms with Crippen molar-refractivity contribution in [1.29, 1.82) is 0 Å². The van der Waals surface area contributed by atoms with Crippen LogP contribution in [0.1, 0.15) is 39.3 Å². The molecular weight excluding hydrogens is 334 g/mol. The van der Waals surface area contributed by atoms with Crippen LogP contribution in [0.2, 0.25) is 0 Å². The minimum absolute atomic E-state index is 0.0503. The van der Waals surface area contributed by atoms with E-state index in [-0.39, 0.29) is 11.5 Å². The monoisotopic (exact) mass is 357 g/mol. The van der Waals surface area contributed by atoms with Gasteiger partial charge in [0.2, 0.25) is 16.0 Å². The molecule has 3 aromatic rings. The highest BCUT2D eigenvalue weighted by atomic mass is 32.1. The number of piperidine rings is 1. The number of nitrogens with zero attached hydrogens (tertiary/aromatic N) is 5. The van der Waals surface area contributed by atoms with E-state index in [1.54, 1.807) is 17.5 Å². The molecule has 0 spiro atoms. The average molecular weight is 357 g/mol. The smallest absolute Gasteiger partial charge is 0.214 e. The SMILES string of the molecule is CC(C)(C)c1cn2nc(N3CCC(Oc4ccccn4)CC3)sc2n1. The topological polar surface area (TPSA) is 55.5 Å². The van der Waals surface area contributed by atoms with Gasteiger partial charge in [-0.25, -0.2) is 14.5 Å². The fraction of sp³-hybridized carbons (Fsp3) is 0.500. The largest absolute Gasteiger partial charge is 0.474 e. The lowest BCUT2D eigenvalue weighted by Gasteiger charge is -2.31. The van der Waals surface area contributed by atoms with Crippen LogP contribution < -0.4 is 9.64 Å². The molecule has 0 aromatic carbocycles. The summed E-state index contributed by atoms with van der Waals surface area (Å²) in [5.74, 6) is 0.711. The highest BCUT2D eigenvalue weighted by molar-refractivity contribution is 7.20. The van der Waals surface area contributed by atoms with Crippen molar-refractivity contribution in [3.8, 4) is 5.88 Å². The number of rotatable bonds is 3. The van der Waals surface area contributed by atoms with Crippen molar-refractivity contribution in [3.63, 3.8) is 0 Å². The molecular formula is C18H23N5OS. The number of anilines is 1. The standard InChI is InChI=1S/C18H23N5OS/c1-18(2,3)14-12-23-16(20-14)25-17(21-23)22-10-7-13(8-11-22)24-15-6-4-5-9-19-15/h4-6,9,12-13H,7-8,10-11H2,1-3H3. The van der Waals surface area contributed by atoms with E-state index in [1.807, 2.05) is 28.9 Å². The van der Waals surface area contributed by atoms with Crippen LogP contribution in [-0.2, 0) is 5.41 Å². The summed E-state index contributed by atoms with van der Waals surface area (Å²) in [6.45, 7) is 8.41. The lowest BCUT2D eigenvalue weighted by atomic mass is 9.93. The Morgan fingerprint density at radius 2 is 2.00 bits per heavy atom. The summed E-state index contributed by atoms with van der Waals surface area (Å²) in [5, 5.41) is 5.77. The van der Waals surface area contributed by atoms with Gasteiger partial charge in [-0.2, -0.15) is 0 Å². The van der Waals surface area contributed by atoms with Crippen LogP contribution in [0.15, 0.2) is 30.6 Å². The zero-order valence-corrected chi connectivity index (χ0v) is 15.7. The Kier molecular flexibility index (Phi) is 4.11. The third kappa shape index (κ3) is 3.46. The Hall–Kier alpha value is -2.15. The quantitative estimate of drug-likeness (QED) is 0.718. The third-order valence-corrected chi connectivity index (χ3v) is 5.42. The van der Waals surface area contributed by atoms with Gasteiger partial charge in [0.1, 0.15) is 6.10 Å². The molecule has 1 saturated heterocycles. The van der Waals surface area contributed by atoms with Crippen LogP contribution in [0, 0.1) is 0 Å². The first-order chi connectivity index (χ1) is 12.0. The molecule has 1 fully saturated rings. The average Bonchev–Trinajstić information content (AvgIpc) is 3.15. The maximum Gasteiger partial charge on any atom is 0.214 e. The Bertz CT molecular complexity index is 812. The molecule has 0 unspecified atom stereocenters. The first-order valence-corrected chi connectivity index (χ1v) is 9.50. The first-order valence-electron chi connectivity index (χ1n) is 8.68. The molecule has 1 aliphatic heterocycles. The second kappa shape index (κ2) is 6.29. The maximum absolute atomic E-state index is 5.96. The van der Waals surface area contributed by atoms with Crippen molar-refractivity contribution in [2.24, 2.45) is 0 Å². The zero-order chi connectivity index (χ0) is 17.4. The van der Waals surface area contributed by atoms with E-state index < -0.39 is 0 Å². The number of imidazole rings is 1. The van der Waals surface area contributed by atoms with E-state index in [4.69, 9.17) is 14.8 Å². The van der Waals surface area contributed by atoms with Crippen LogP contribution in [-0.4, -0.2) is 38.8 Å². The minimum Gasteiger partial charge on any atom is -0.474 e. The Morgan fingerprint density at radius 1 is 1.20 bits per heavy atom. The molecule has 0 aliphatic carbocycles. The summed E-state index contributed by atoms with van der Waals surface area (Å²) in [6, 6.07) is 5.77. The summed E-state index contributed by atoms with van der Waals surface area (Å²) in [7, 11) is 0. The number of pyridine rings is 1. The Morgan fingerprint density at radius 3 is 2.64 bits per heavy atom. The number of fused-ring (bicyclic) bond motifs is 1. The molecule has 132 valence electrons. The zero-order valence-electron chi connectivity index (χ0n) is 14.8. The van der Waals surface area contributed by atoms with Crippen LogP contribution >= 0.6 is 11.3 Å². The van der Waals surface area contributed by atoms with Crippen molar-refractivity contribution >= 4 is 21.4 Å². The van der Waals surface area contributed by atoms with E-state index in [9.17, 15) is 0 Å². The van der Waals surface area contributed by atoms with Crippen molar-refractivity contribution in [1.82, 2.24) is 19.6 Å². The maximum atomic E-state index is 5.96. The van der Waals surface area contributed by atoms with Crippen LogP contribution in [0.4, 0.5) is 5.13 Å². The molecule has 4 rings (SSSR count). The highest BCUT2D eigenvalue weighted by Gasteiger charge is 2.25. The lowest BCUT2D eigenvalue weighted by molar-refractivity contribution is 0.164. The van der Waals surface area contributed by atoms with Crippen LogP contribution in [0.25, 0.3) is 4.96 Å². The Labute approximate surface area is 151 Å². The van der Waals surface area contributed by atoms with Gasteiger partial charge in [-0.3, -0.25) is 0 Å². The van der Waals surface area contributed by atoms with Gasteiger partial charge in [-0.1, -0.05) is 38.2 Å². The first kappa shape index (κ1) is 16.3. The molecule has 3 aromatic heterocycles. The predicted molar refractivity (Wildman–Crippen MR) is 99.7 cm³/mol. The van der Waals surface area contributed by atoms with Crippen molar-refractivity contribution in [3.05, 3.63) is 36.3 Å². The minimum atomic E-state index is 0.0503. The van der Waals surface area contributed by atoms with E-state index in [0.717, 1.165) is 41.7 Å². The highest BCUT2D eigenvalue weighted by Crippen LogP contribution is 2.29. The molecule has 4 heterocycles. The van der Waals surface area contributed by atoms with Gasteiger partial charge in [0, 0.05) is 43.6 Å². The summed E-state index contributed by atoms with van der Waals surface area (Å²) in [5.41, 5.74) is 1.13. The summed E-state index contributed by atoms with van der Waals surface area (Å²) in [4.78, 5) is 12.3. The van der Waals surface area contributed by atoms with Gasteiger partial charge in [0.25, 0.3) is 0 Å². The molecule has 25 heavy (non-hydrogen) atoms. The predicted octanol–water partition coefficient (Wildman–Crippen LogP) is 3.53. The summed E-state index contributed by atoms with van der Waals surface area (Å²) < 4.78 is 7.88. The molecule has 0 N–H and O–H groups in total. The van der Waals surface area contributed by atoms with E-state index in [0.29, 0.717) is 5.88 Å². The molecule has 0 radical (unpaired) electrons. The lowest BCUT2D eigenvalue weighted by Crippen LogP contribution is -2.38. The van der Waals surface area contributed by atoms with Crippen molar-refractivity contribution in [2.45, 2.75) is 45.1 Å². The number of ether oxygens (including phenoxy) is 1. The third-order valence-electron chi connectivity index (χ3n) is 4.44. The number of hydrogen-bond donors (Lipinski definition) is 0. The number of aromatic nitrogens is 4. The molecule has 1 aliphatic rings.